The molecule has 166 valence electrons. The van der Waals surface area contributed by atoms with E-state index < -0.39 is 0 Å². The molecule has 6 N–H and O–H groups in total. The predicted octanol–water partition coefficient (Wildman–Crippen LogP) is 1.74. The number of nitrogens with zero attached hydrogens (tertiary/aromatic N) is 2. The predicted molar refractivity (Wildman–Crippen MR) is 123 cm³/mol. The first-order valence-corrected chi connectivity index (χ1v) is 10.7. The second-order valence-electron chi connectivity index (χ2n) is 7.71. The topological polar surface area (TPSA) is 108 Å². The highest BCUT2D eigenvalue weighted by molar-refractivity contribution is 6.30. The van der Waals surface area contributed by atoms with Gasteiger partial charge in [-0.2, -0.15) is 0 Å². The van der Waals surface area contributed by atoms with Gasteiger partial charge in [-0.05, 0) is 35.2 Å². The first-order chi connectivity index (χ1) is 14.9. The Morgan fingerprint density at radius 1 is 1.13 bits per heavy atom. The van der Waals surface area contributed by atoms with Crippen molar-refractivity contribution in [2.45, 2.75) is 32.1 Å². The molecule has 2 aromatic carbocycles. The van der Waals surface area contributed by atoms with Crippen LogP contribution in [0.1, 0.15) is 23.1 Å². The first kappa shape index (κ1) is 22.9. The first-order valence-electron chi connectivity index (χ1n) is 10.3. The molecular weight excluding hydrogens is 414 g/mol. The van der Waals surface area contributed by atoms with Crippen LogP contribution in [0, 0.1) is 0 Å². The van der Waals surface area contributed by atoms with Gasteiger partial charge in [0.15, 0.2) is 0 Å². The molecule has 1 unspecified atom stereocenters. The highest BCUT2D eigenvalue weighted by Crippen LogP contribution is 2.25. The summed E-state index contributed by atoms with van der Waals surface area (Å²) in [4.78, 5) is 16.8. The minimum atomic E-state index is -0.176. The minimum Gasteiger partial charge on any atom is -0.396 e. The van der Waals surface area contributed by atoms with Crippen LogP contribution in [0.15, 0.2) is 60.0 Å². The van der Waals surface area contributed by atoms with E-state index in [-0.39, 0.29) is 18.7 Å². The summed E-state index contributed by atoms with van der Waals surface area (Å²) in [5.74, 6) is 0.187. The van der Waals surface area contributed by atoms with Gasteiger partial charge in [-0.25, -0.2) is 0 Å². The molecule has 0 spiro atoms. The number of amides is 1. The Kier molecular flexibility index (Phi) is 7.79. The lowest BCUT2D eigenvalue weighted by Gasteiger charge is -2.30. The number of rotatable bonds is 9. The van der Waals surface area contributed by atoms with Crippen molar-refractivity contribution >= 4 is 17.5 Å². The number of aliphatic hydroxyl groups excluding tert-OH is 1. The Morgan fingerprint density at radius 2 is 1.74 bits per heavy atom. The number of hydrogen-bond donors (Lipinski definition) is 4. The summed E-state index contributed by atoms with van der Waals surface area (Å²) in [5, 5.41) is 13.1. The monoisotopic (exact) mass is 443 g/mol. The number of carbonyl (C=O) groups is 1. The summed E-state index contributed by atoms with van der Waals surface area (Å²) in [7, 11) is 1.72. The molecular formula is C23H30ClN5O2. The van der Waals surface area contributed by atoms with Crippen molar-refractivity contribution < 1.29 is 9.90 Å². The van der Waals surface area contributed by atoms with E-state index in [2.05, 4.69) is 5.32 Å². The molecule has 1 aliphatic rings. The minimum absolute atomic E-state index is 0.0281. The number of likely N-dealkylation sites (N-methyl/N-ethyl adjacent to an activating group) is 1. The Labute approximate surface area is 188 Å². The summed E-state index contributed by atoms with van der Waals surface area (Å²) in [6, 6.07) is 15.7. The molecule has 8 heteroatoms. The van der Waals surface area contributed by atoms with E-state index in [1.165, 1.54) is 0 Å². The third-order valence-corrected chi connectivity index (χ3v) is 5.65. The largest absolute Gasteiger partial charge is 0.396 e. The van der Waals surface area contributed by atoms with Gasteiger partial charge >= 0.3 is 0 Å². The van der Waals surface area contributed by atoms with Crippen LogP contribution in [0.3, 0.4) is 0 Å². The van der Waals surface area contributed by atoms with Gasteiger partial charge in [0.2, 0.25) is 0 Å². The fourth-order valence-electron chi connectivity index (χ4n) is 3.64. The molecule has 2 aromatic rings. The van der Waals surface area contributed by atoms with Crippen LogP contribution in [0.2, 0.25) is 5.02 Å². The summed E-state index contributed by atoms with van der Waals surface area (Å²) < 4.78 is 0. The van der Waals surface area contributed by atoms with Crippen molar-refractivity contribution in [1.82, 2.24) is 15.1 Å². The van der Waals surface area contributed by atoms with E-state index in [1.807, 2.05) is 53.4 Å². The Hall–Kier alpha value is -2.74. The molecule has 0 saturated carbocycles. The fraction of sp³-hybridized carbons (Fsp3) is 0.348. The smallest absolute Gasteiger partial charge is 0.273 e. The highest BCUT2D eigenvalue weighted by atomic mass is 35.5. The molecule has 0 aliphatic carbocycles. The van der Waals surface area contributed by atoms with E-state index in [4.69, 9.17) is 28.2 Å². The van der Waals surface area contributed by atoms with Crippen LogP contribution in [0.25, 0.3) is 0 Å². The number of hydrogen-bond acceptors (Lipinski definition) is 6. The molecule has 1 heterocycles. The molecule has 0 radical (unpaired) electrons. The summed E-state index contributed by atoms with van der Waals surface area (Å²) >= 11 is 6.04. The van der Waals surface area contributed by atoms with Gasteiger partial charge in [-0.15, -0.1) is 0 Å². The van der Waals surface area contributed by atoms with Crippen LogP contribution < -0.4 is 16.8 Å². The van der Waals surface area contributed by atoms with Crippen molar-refractivity contribution in [3.05, 3.63) is 81.8 Å². The standard InChI is InChI=1S/C23H30ClN5O2/c1-28(11-2-12-30)23(31)21-22(26)27-20(13-16-3-5-17(14-25)6-4-16)29(21)15-18-7-9-19(24)10-8-18/h3-10,20,27,30H,2,11-15,25-26H2,1H3. The number of halogens is 1. The number of aliphatic hydroxyl groups is 1. The zero-order valence-electron chi connectivity index (χ0n) is 17.7. The van der Waals surface area contributed by atoms with Crippen LogP contribution in [-0.2, 0) is 24.3 Å². The van der Waals surface area contributed by atoms with Gasteiger partial charge in [0, 0.05) is 44.7 Å². The van der Waals surface area contributed by atoms with Crippen molar-refractivity contribution in [2.24, 2.45) is 11.5 Å². The summed E-state index contributed by atoms with van der Waals surface area (Å²) in [5.41, 5.74) is 15.7. The van der Waals surface area contributed by atoms with Gasteiger partial charge < -0.3 is 31.7 Å². The molecule has 3 rings (SSSR count). The van der Waals surface area contributed by atoms with Crippen molar-refractivity contribution in [2.75, 3.05) is 20.2 Å². The number of nitrogens with two attached hydrogens (primary N) is 2. The Bertz CT molecular complexity index is 915. The van der Waals surface area contributed by atoms with Crippen molar-refractivity contribution in [3.8, 4) is 0 Å². The third-order valence-electron chi connectivity index (χ3n) is 5.40. The fourth-order valence-corrected chi connectivity index (χ4v) is 3.76. The zero-order valence-corrected chi connectivity index (χ0v) is 18.5. The Balaban J connectivity index is 1.85. The summed E-state index contributed by atoms with van der Waals surface area (Å²) in [6.07, 6.45) is 0.998. The van der Waals surface area contributed by atoms with Gasteiger partial charge in [0.05, 0.1) is 0 Å². The lowest BCUT2D eigenvalue weighted by Crippen LogP contribution is -2.42. The van der Waals surface area contributed by atoms with Gasteiger partial charge in [-0.1, -0.05) is 48.0 Å². The van der Waals surface area contributed by atoms with E-state index in [0.29, 0.717) is 49.0 Å². The van der Waals surface area contributed by atoms with Gasteiger partial charge in [0.1, 0.15) is 17.7 Å². The average molecular weight is 444 g/mol. The normalized spacial score (nSPS) is 15.9. The Morgan fingerprint density at radius 3 is 2.35 bits per heavy atom. The summed E-state index contributed by atoms with van der Waals surface area (Å²) in [6.45, 7) is 1.48. The number of nitrogens with one attached hydrogen (secondary N) is 1. The maximum atomic E-state index is 13.2. The molecule has 1 amide bonds. The number of carbonyl (C=O) groups excluding carboxylic acids is 1. The molecule has 0 fully saturated rings. The van der Waals surface area contributed by atoms with Crippen LogP contribution in [-0.4, -0.2) is 47.2 Å². The van der Waals surface area contributed by atoms with E-state index in [1.54, 1.807) is 11.9 Å². The van der Waals surface area contributed by atoms with Crippen molar-refractivity contribution in [1.29, 1.82) is 0 Å². The van der Waals surface area contributed by atoms with E-state index >= 15 is 0 Å². The lowest BCUT2D eigenvalue weighted by atomic mass is 10.1. The molecule has 7 nitrogen and oxygen atoms in total. The maximum absolute atomic E-state index is 13.2. The average Bonchev–Trinajstić information content (AvgIpc) is 3.07. The van der Waals surface area contributed by atoms with E-state index in [0.717, 1.165) is 16.7 Å². The molecule has 1 aliphatic heterocycles. The molecule has 31 heavy (non-hydrogen) atoms. The van der Waals surface area contributed by atoms with Crippen LogP contribution in [0.4, 0.5) is 0 Å². The molecule has 0 saturated heterocycles. The van der Waals surface area contributed by atoms with Crippen LogP contribution >= 0.6 is 11.6 Å². The lowest BCUT2D eigenvalue weighted by molar-refractivity contribution is -0.127. The van der Waals surface area contributed by atoms with Gasteiger partial charge in [-0.3, -0.25) is 4.79 Å². The van der Waals surface area contributed by atoms with Crippen LogP contribution in [0.5, 0.6) is 0 Å². The quantitative estimate of drug-likeness (QED) is 0.470. The molecule has 0 bridgehead atoms. The molecule has 0 aromatic heterocycles. The van der Waals surface area contributed by atoms with E-state index in [9.17, 15) is 4.79 Å². The number of benzene rings is 2. The van der Waals surface area contributed by atoms with Gasteiger partial charge in [0.25, 0.3) is 5.91 Å². The maximum Gasteiger partial charge on any atom is 0.273 e. The van der Waals surface area contributed by atoms with Crippen molar-refractivity contribution in [3.63, 3.8) is 0 Å². The zero-order chi connectivity index (χ0) is 22.4. The molecule has 1 atom stereocenters. The second kappa shape index (κ2) is 10.5. The highest BCUT2D eigenvalue weighted by Gasteiger charge is 2.35. The second-order valence-corrected chi connectivity index (χ2v) is 8.14. The third kappa shape index (κ3) is 5.70. The SMILES string of the molecule is CN(CCCO)C(=O)C1=C(N)NC(Cc2ccc(CN)cc2)N1Cc1ccc(Cl)cc1.